The number of anilines is 2. The minimum Gasteiger partial charge on any atom is -0.353 e. The van der Waals surface area contributed by atoms with Gasteiger partial charge in [0.2, 0.25) is 5.91 Å². The summed E-state index contributed by atoms with van der Waals surface area (Å²) in [6.07, 6.45) is 1.94. The molecule has 1 amide bonds. The summed E-state index contributed by atoms with van der Waals surface area (Å²) in [6, 6.07) is 13.6. The van der Waals surface area contributed by atoms with Crippen molar-refractivity contribution in [1.82, 2.24) is 14.9 Å². The predicted octanol–water partition coefficient (Wildman–Crippen LogP) is 3.15. The lowest BCUT2D eigenvalue weighted by Gasteiger charge is -2.39. The molecule has 1 saturated heterocycles. The average Bonchev–Trinajstić information content (AvgIpc) is 3.28. The summed E-state index contributed by atoms with van der Waals surface area (Å²) in [5, 5.41) is 12.1. The molecule has 0 saturated carbocycles. The van der Waals surface area contributed by atoms with Gasteiger partial charge in [-0.1, -0.05) is 18.2 Å². The van der Waals surface area contributed by atoms with E-state index in [2.05, 4.69) is 31.9 Å². The number of piperazine rings is 1. The number of nitriles is 1. The lowest BCUT2D eigenvalue weighted by atomic mass is 10.1. The van der Waals surface area contributed by atoms with Crippen LogP contribution in [0.1, 0.15) is 13.3 Å². The molecule has 8 heteroatoms. The molecule has 4 rings (SSSR count). The van der Waals surface area contributed by atoms with E-state index in [1.165, 1.54) is 0 Å². The number of nitrogens with zero attached hydrogens (tertiary/aromatic N) is 6. The second-order valence-corrected chi connectivity index (χ2v) is 8.16. The van der Waals surface area contributed by atoms with Gasteiger partial charge in [-0.25, -0.2) is 9.97 Å². The molecule has 7 nitrogen and oxygen atoms in total. The van der Waals surface area contributed by atoms with Crippen LogP contribution in [0.4, 0.5) is 11.5 Å². The van der Waals surface area contributed by atoms with Gasteiger partial charge in [0, 0.05) is 38.4 Å². The van der Waals surface area contributed by atoms with Gasteiger partial charge in [0.15, 0.2) is 0 Å². The monoisotopic (exact) mass is 420 g/mol. The van der Waals surface area contributed by atoms with E-state index in [4.69, 9.17) is 5.26 Å². The SMILES string of the molecule is CC(C(=O)N(CCC#N)c1ccccc1)N1CCN(c2ncnc3sccc23)CC1. The summed E-state index contributed by atoms with van der Waals surface area (Å²) < 4.78 is 0. The molecule has 3 heterocycles. The molecule has 1 atom stereocenters. The van der Waals surface area contributed by atoms with Gasteiger partial charge >= 0.3 is 0 Å². The van der Waals surface area contributed by atoms with E-state index >= 15 is 0 Å². The van der Waals surface area contributed by atoms with E-state index in [1.54, 1.807) is 22.6 Å². The first-order valence-electron chi connectivity index (χ1n) is 10.1. The van der Waals surface area contributed by atoms with Crippen LogP contribution in [0, 0.1) is 11.3 Å². The first-order chi connectivity index (χ1) is 14.7. The smallest absolute Gasteiger partial charge is 0.244 e. The topological polar surface area (TPSA) is 76.4 Å². The molecule has 0 aliphatic carbocycles. The standard InChI is InChI=1S/C22H24N6OS/c1-17(22(29)28(10-5-9-23)18-6-3-2-4-7-18)26-11-13-27(14-12-26)20-19-8-15-30-21(19)25-16-24-20/h2-4,6-8,15-17H,5,10-14H2,1H3. The Morgan fingerprint density at radius 3 is 2.70 bits per heavy atom. The Bertz CT molecular complexity index is 1040. The molecular weight excluding hydrogens is 396 g/mol. The third-order valence-electron chi connectivity index (χ3n) is 5.54. The number of aromatic nitrogens is 2. The zero-order chi connectivity index (χ0) is 20.9. The maximum absolute atomic E-state index is 13.3. The van der Waals surface area contributed by atoms with Crippen LogP contribution in [0.3, 0.4) is 0 Å². The van der Waals surface area contributed by atoms with Gasteiger partial charge in [-0.05, 0) is 30.5 Å². The summed E-state index contributed by atoms with van der Waals surface area (Å²) >= 11 is 1.62. The molecule has 1 unspecified atom stereocenters. The van der Waals surface area contributed by atoms with Gasteiger partial charge in [-0.2, -0.15) is 5.26 Å². The molecule has 1 fully saturated rings. The van der Waals surface area contributed by atoms with Crippen molar-refractivity contribution in [3.8, 4) is 6.07 Å². The van der Waals surface area contributed by atoms with Crippen molar-refractivity contribution in [3.63, 3.8) is 0 Å². The zero-order valence-electron chi connectivity index (χ0n) is 16.9. The van der Waals surface area contributed by atoms with E-state index in [0.717, 1.165) is 47.9 Å². The number of carbonyl (C=O) groups is 1. The molecule has 154 valence electrons. The minimum atomic E-state index is -0.252. The van der Waals surface area contributed by atoms with Crippen molar-refractivity contribution in [2.45, 2.75) is 19.4 Å². The van der Waals surface area contributed by atoms with Crippen molar-refractivity contribution in [3.05, 3.63) is 48.1 Å². The van der Waals surface area contributed by atoms with Crippen LogP contribution >= 0.6 is 11.3 Å². The highest BCUT2D eigenvalue weighted by Crippen LogP contribution is 2.27. The fourth-order valence-corrected chi connectivity index (χ4v) is 4.60. The molecule has 0 spiro atoms. The van der Waals surface area contributed by atoms with E-state index in [-0.39, 0.29) is 11.9 Å². The predicted molar refractivity (Wildman–Crippen MR) is 120 cm³/mol. The molecule has 0 radical (unpaired) electrons. The molecule has 1 aliphatic heterocycles. The summed E-state index contributed by atoms with van der Waals surface area (Å²) in [5.74, 6) is 1.01. The minimum absolute atomic E-state index is 0.0344. The number of fused-ring (bicyclic) bond motifs is 1. The van der Waals surface area contributed by atoms with E-state index in [9.17, 15) is 4.79 Å². The normalized spacial score (nSPS) is 15.7. The van der Waals surface area contributed by atoms with Crippen LogP contribution in [0.2, 0.25) is 0 Å². The van der Waals surface area contributed by atoms with Crippen molar-refractivity contribution in [2.24, 2.45) is 0 Å². The number of amides is 1. The Labute approximate surface area is 180 Å². The number of thiophene rings is 1. The van der Waals surface area contributed by atoms with Crippen molar-refractivity contribution >= 4 is 39.0 Å². The van der Waals surface area contributed by atoms with Crippen LogP contribution in [0.5, 0.6) is 0 Å². The van der Waals surface area contributed by atoms with Gasteiger partial charge < -0.3 is 9.80 Å². The highest BCUT2D eigenvalue weighted by Gasteiger charge is 2.30. The molecule has 2 aromatic heterocycles. The zero-order valence-corrected chi connectivity index (χ0v) is 17.8. The highest BCUT2D eigenvalue weighted by atomic mass is 32.1. The van der Waals surface area contributed by atoms with Gasteiger partial charge in [0.1, 0.15) is 17.0 Å². The van der Waals surface area contributed by atoms with Gasteiger partial charge in [0.05, 0.1) is 23.9 Å². The largest absolute Gasteiger partial charge is 0.353 e. The van der Waals surface area contributed by atoms with E-state index < -0.39 is 0 Å². The first kappa shape index (κ1) is 20.3. The Hall–Kier alpha value is -3.02. The third-order valence-corrected chi connectivity index (χ3v) is 6.36. The number of hydrogen-bond acceptors (Lipinski definition) is 7. The Kier molecular flexibility index (Phi) is 6.21. The molecule has 1 aliphatic rings. The summed E-state index contributed by atoms with van der Waals surface area (Å²) in [5.41, 5.74) is 0.837. The molecule has 1 aromatic carbocycles. The highest BCUT2D eigenvalue weighted by molar-refractivity contribution is 7.16. The fraction of sp³-hybridized carbons (Fsp3) is 0.364. The number of rotatable bonds is 6. The summed E-state index contributed by atoms with van der Waals surface area (Å²) in [6.45, 7) is 5.54. The molecular formula is C22H24N6OS. The van der Waals surface area contributed by atoms with Crippen LogP contribution < -0.4 is 9.80 Å². The Balaban J connectivity index is 1.44. The second-order valence-electron chi connectivity index (χ2n) is 7.27. The fourth-order valence-electron chi connectivity index (χ4n) is 3.87. The van der Waals surface area contributed by atoms with Crippen LogP contribution in [-0.4, -0.2) is 59.5 Å². The summed E-state index contributed by atoms with van der Waals surface area (Å²) in [7, 11) is 0. The maximum atomic E-state index is 13.3. The number of benzene rings is 1. The van der Waals surface area contributed by atoms with Crippen molar-refractivity contribution in [2.75, 3.05) is 42.5 Å². The van der Waals surface area contributed by atoms with Crippen LogP contribution in [0.25, 0.3) is 10.2 Å². The number of para-hydroxylation sites is 1. The third kappa shape index (κ3) is 4.13. The maximum Gasteiger partial charge on any atom is 0.244 e. The van der Waals surface area contributed by atoms with E-state index in [1.807, 2.05) is 42.6 Å². The Morgan fingerprint density at radius 2 is 1.97 bits per heavy atom. The van der Waals surface area contributed by atoms with Gasteiger partial charge in [-0.15, -0.1) is 11.3 Å². The quantitative estimate of drug-likeness (QED) is 0.610. The lowest BCUT2D eigenvalue weighted by molar-refractivity contribution is -0.123. The van der Waals surface area contributed by atoms with Gasteiger partial charge in [-0.3, -0.25) is 9.69 Å². The number of carbonyl (C=O) groups excluding carboxylic acids is 1. The summed E-state index contributed by atoms with van der Waals surface area (Å²) in [4.78, 5) is 29.3. The number of hydrogen-bond donors (Lipinski definition) is 0. The molecule has 3 aromatic rings. The van der Waals surface area contributed by atoms with Crippen molar-refractivity contribution in [1.29, 1.82) is 5.26 Å². The lowest BCUT2D eigenvalue weighted by Crippen LogP contribution is -2.55. The van der Waals surface area contributed by atoms with Crippen molar-refractivity contribution < 1.29 is 4.79 Å². The van der Waals surface area contributed by atoms with Crippen LogP contribution in [-0.2, 0) is 4.79 Å². The molecule has 30 heavy (non-hydrogen) atoms. The second kappa shape index (κ2) is 9.20. The first-order valence-corrected chi connectivity index (χ1v) is 11.0. The molecule has 0 bridgehead atoms. The Morgan fingerprint density at radius 1 is 1.20 bits per heavy atom. The van der Waals surface area contributed by atoms with Crippen LogP contribution in [0.15, 0.2) is 48.1 Å². The van der Waals surface area contributed by atoms with Gasteiger partial charge in [0.25, 0.3) is 0 Å². The van der Waals surface area contributed by atoms with E-state index in [0.29, 0.717) is 13.0 Å². The average molecular weight is 421 g/mol. The molecule has 0 N–H and O–H groups in total.